The second-order valence-electron chi connectivity index (χ2n) is 18.3. The normalized spacial score (nSPS) is 21.3. The third-order valence-electron chi connectivity index (χ3n) is 11.9. The number of anilines is 1. The van der Waals surface area contributed by atoms with Gasteiger partial charge in [-0.15, -0.1) is 6.58 Å². The molecule has 0 spiro atoms. The van der Waals surface area contributed by atoms with E-state index in [9.17, 15) is 9.59 Å². The predicted molar refractivity (Wildman–Crippen MR) is 253 cm³/mol. The molecule has 59 heavy (non-hydrogen) atoms. The Morgan fingerprint density at radius 3 is 2.24 bits per heavy atom. The van der Waals surface area contributed by atoms with Gasteiger partial charge >= 0.3 is 0 Å². The van der Waals surface area contributed by atoms with E-state index >= 15 is 0 Å². The number of amides is 1. The molecule has 1 aromatic carbocycles. The van der Waals surface area contributed by atoms with Crippen molar-refractivity contribution in [2.75, 3.05) is 11.5 Å². The third-order valence-corrected chi connectivity index (χ3v) is 11.9. The van der Waals surface area contributed by atoms with Crippen molar-refractivity contribution >= 4 is 29.3 Å². The molecule has 1 saturated heterocycles. The van der Waals surface area contributed by atoms with Crippen LogP contribution in [0.2, 0.25) is 0 Å². The van der Waals surface area contributed by atoms with Crippen molar-refractivity contribution in [3.8, 4) is 11.3 Å². The average molecular weight is 808 g/mol. The summed E-state index contributed by atoms with van der Waals surface area (Å²) >= 11 is 0. The van der Waals surface area contributed by atoms with Gasteiger partial charge in [-0.05, 0) is 111 Å². The zero-order chi connectivity index (χ0) is 43.8. The minimum atomic E-state index is -0.608. The number of carbonyl (C=O) groups is 2. The number of aromatic nitrogens is 1. The Hall–Kier alpha value is -3.64. The smallest absolute Gasteiger partial charge is 0.237 e. The number of ether oxygens (including phenoxy) is 1. The second-order valence-corrected chi connectivity index (χ2v) is 18.3. The van der Waals surface area contributed by atoms with Gasteiger partial charge in [0.1, 0.15) is 6.10 Å². The van der Waals surface area contributed by atoms with Crippen LogP contribution in [0.4, 0.5) is 11.4 Å². The summed E-state index contributed by atoms with van der Waals surface area (Å²) in [7, 11) is 0. The number of Topliss-reactive ketones (excluding diaryl/α,β-unsaturated/α-hetero) is 1. The van der Waals surface area contributed by atoms with E-state index in [1.54, 1.807) is 0 Å². The molecule has 1 amide bonds. The van der Waals surface area contributed by atoms with Crippen LogP contribution in [0.15, 0.2) is 66.2 Å². The molecular formula is C53H81N3O3. The number of carbonyl (C=O) groups excluding carboxylic acids is 2. The maximum atomic E-state index is 14.6. The fourth-order valence-electron chi connectivity index (χ4n) is 8.96. The summed E-state index contributed by atoms with van der Waals surface area (Å²) in [5.41, 5.74) is 7.94. The highest BCUT2D eigenvalue weighted by Crippen LogP contribution is 2.52. The number of benzene rings is 1. The fourth-order valence-corrected chi connectivity index (χ4v) is 8.96. The number of aryl methyl sites for hydroxylation is 1. The predicted octanol–water partition coefficient (Wildman–Crippen LogP) is 14.3. The lowest BCUT2D eigenvalue weighted by Crippen LogP contribution is -2.50. The van der Waals surface area contributed by atoms with Crippen LogP contribution in [0.5, 0.6) is 0 Å². The molecule has 0 N–H and O–H groups in total. The van der Waals surface area contributed by atoms with Gasteiger partial charge in [0.15, 0.2) is 5.78 Å². The number of aliphatic imine (C=N–C) groups is 1. The Balaban J connectivity index is 0.000000534. The molecule has 6 nitrogen and oxygen atoms in total. The monoisotopic (exact) mass is 808 g/mol. The van der Waals surface area contributed by atoms with E-state index in [4.69, 9.17) is 14.7 Å². The molecule has 2 atom stereocenters. The van der Waals surface area contributed by atoms with Crippen molar-refractivity contribution in [1.82, 2.24) is 4.98 Å². The van der Waals surface area contributed by atoms with Gasteiger partial charge < -0.3 is 9.64 Å². The zero-order valence-electron chi connectivity index (χ0n) is 39.2. The number of hydrogen-bond acceptors (Lipinski definition) is 5. The van der Waals surface area contributed by atoms with Gasteiger partial charge in [-0.2, -0.15) is 0 Å². The maximum Gasteiger partial charge on any atom is 0.237 e. The van der Waals surface area contributed by atoms with Gasteiger partial charge in [0.25, 0.3) is 0 Å². The van der Waals surface area contributed by atoms with Crippen molar-refractivity contribution < 1.29 is 14.3 Å². The number of ketones is 1. The summed E-state index contributed by atoms with van der Waals surface area (Å²) in [4.78, 5) is 39.4. The minimum Gasteiger partial charge on any atom is -0.370 e. The van der Waals surface area contributed by atoms with Gasteiger partial charge in [0.2, 0.25) is 5.91 Å². The Labute approximate surface area is 360 Å². The molecule has 2 aromatic rings. The van der Waals surface area contributed by atoms with E-state index in [1.165, 1.54) is 31.2 Å². The van der Waals surface area contributed by atoms with Crippen LogP contribution in [0, 0.1) is 17.3 Å². The standard InChI is InChI=1S/C38H45N3O3.C9H20.C4H10.C2H6/c1-5-11-31-29-13-8-9-19-39-33(29)24-32(40-31)27-14-15-30-34(23-27)41(28-21-26(7-3)22-28)37(43)38(30,17-6-2)18-10-12-25(4)36(42)35-16-20-44-35;1-5-7-9(3,4)8-6-2;1-4(2)3;1-2/h7-9,14-15,19,23-24,26,28,35H,3-6,10-13,16-18,20-22H2,1-2H3;5-8H2,1-4H3;4H,1-3H3;1-2H3. The van der Waals surface area contributed by atoms with Crippen LogP contribution in [0.3, 0.4) is 0 Å². The molecular weight excluding hydrogens is 727 g/mol. The van der Waals surface area contributed by atoms with Crippen molar-refractivity contribution in [2.24, 2.45) is 22.2 Å². The summed E-state index contributed by atoms with van der Waals surface area (Å²) in [6.45, 7) is 32.8. The molecule has 0 radical (unpaired) electrons. The van der Waals surface area contributed by atoms with Crippen molar-refractivity contribution in [2.45, 2.75) is 190 Å². The summed E-state index contributed by atoms with van der Waals surface area (Å²) in [5.74, 6) is 1.50. The highest BCUT2D eigenvalue weighted by atomic mass is 16.5. The minimum absolute atomic E-state index is 0.0194. The topological polar surface area (TPSA) is 71.9 Å². The summed E-state index contributed by atoms with van der Waals surface area (Å²) in [6.07, 6.45) is 22.2. The van der Waals surface area contributed by atoms with Gasteiger partial charge in [-0.1, -0.05) is 133 Å². The number of hydrogen-bond donors (Lipinski definition) is 0. The molecule has 6 heteroatoms. The van der Waals surface area contributed by atoms with Gasteiger partial charge in [0.05, 0.1) is 23.4 Å². The van der Waals surface area contributed by atoms with Crippen LogP contribution in [0.1, 0.15) is 176 Å². The Kier molecular flexibility index (Phi) is 20.2. The average Bonchev–Trinajstić information content (AvgIpc) is 3.28. The highest BCUT2D eigenvalue weighted by molar-refractivity contribution is 6.09. The largest absolute Gasteiger partial charge is 0.370 e. The van der Waals surface area contributed by atoms with E-state index in [1.807, 2.05) is 32.2 Å². The van der Waals surface area contributed by atoms with Crippen LogP contribution in [0.25, 0.3) is 11.3 Å². The quantitative estimate of drug-likeness (QED) is 0.118. The van der Waals surface area contributed by atoms with Gasteiger partial charge in [0, 0.05) is 41.2 Å². The first-order chi connectivity index (χ1) is 28.2. The van der Waals surface area contributed by atoms with E-state index < -0.39 is 5.41 Å². The van der Waals surface area contributed by atoms with Crippen molar-refractivity contribution in [3.63, 3.8) is 0 Å². The molecule has 3 aliphatic heterocycles. The highest BCUT2D eigenvalue weighted by Gasteiger charge is 2.53. The summed E-state index contributed by atoms with van der Waals surface area (Å²) in [6, 6.07) is 8.79. The van der Waals surface area contributed by atoms with Crippen LogP contribution < -0.4 is 4.90 Å². The van der Waals surface area contributed by atoms with E-state index in [2.05, 4.69) is 111 Å². The van der Waals surface area contributed by atoms with Crippen LogP contribution in [-0.2, 0) is 32.6 Å². The molecule has 1 aromatic heterocycles. The Bertz CT molecular complexity index is 1730. The number of fused-ring (bicyclic) bond motifs is 2. The second kappa shape index (κ2) is 24.0. The molecule has 1 saturated carbocycles. The van der Waals surface area contributed by atoms with Crippen LogP contribution in [-0.4, -0.2) is 41.6 Å². The summed E-state index contributed by atoms with van der Waals surface area (Å²) < 4.78 is 5.40. The molecule has 4 aliphatic rings. The number of pyridine rings is 1. The molecule has 6 rings (SSSR count). The fraction of sp³-hybridized carbons (Fsp3) is 0.623. The number of allylic oxidation sites excluding steroid dienone is 3. The van der Waals surface area contributed by atoms with Gasteiger partial charge in [-0.25, -0.2) is 0 Å². The van der Waals surface area contributed by atoms with E-state index in [0.29, 0.717) is 36.4 Å². The molecule has 2 unspecified atom stereocenters. The van der Waals surface area contributed by atoms with Crippen LogP contribution >= 0.6 is 0 Å². The third kappa shape index (κ3) is 12.9. The Morgan fingerprint density at radius 1 is 1.02 bits per heavy atom. The lowest BCUT2D eigenvalue weighted by atomic mass is 9.73. The lowest BCUT2D eigenvalue weighted by molar-refractivity contribution is -0.138. The zero-order valence-corrected chi connectivity index (χ0v) is 39.2. The molecule has 2 fully saturated rings. The van der Waals surface area contributed by atoms with Gasteiger partial charge in [-0.3, -0.25) is 19.6 Å². The maximum absolute atomic E-state index is 14.6. The molecule has 4 heterocycles. The first-order valence-electron chi connectivity index (χ1n) is 23.4. The van der Waals surface area contributed by atoms with E-state index in [-0.39, 0.29) is 23.8 Å². The van der Waals surface area contributed by atoms with E-state index in [0.717, 1.165) is 97.6 Å². The number of nitrogens with zero attached hydrogens (tertiary/aromatic N) is 3. The first-order valence-corrected chi connectivity index (χ1v) is 23.4. The molecule has 1 aliphatic carbocycles. The molecule has 326 valence electrons. The van der Waals surface area contributed by atoms with Crippen molar-refractivity contribution in [3.05, 3.63) is 78.0 Å². The van der Waals surface area contributed by atoms with Crippen molar-refractivity contribution in [1.29, 1.82) is 0 Å². The summed E-state index contributed by atoms with van der Waals surface area (Å²) in [5, 5.41) is 0. The SMILES string of the molecule is C=CC1CC(N2C(=O)C(CCC)(CCCC(=C)C(=O)C3CCO3)c3ccc(-c4cc5c(c(CCC)n4)CC=CC=N5)cc32)C1.CC.CC(C)C.CCCC(C)(C)CCC. The molecule has 0 bridgehead atoms. The first kappa shape index (κ1) is 49.7. The number of rotatable bonds is 17. The Morgan fingerprint density at radius 2 is 1.68 bits per heavy atom. The lowest BCUT2D eigenvalue weighted by Gasteiger charge is -2.41.